The molecule has 5 rings (SSSR count). The Morgan fingerprint density at radius 1 is 1.23 bits per heavy atom. The molecular formula is C21H24N6O3. The molecule has 0 aromatic carbocycles. The van der Waals surface area contributed by atoms with Crippen molar-refractivity contribution in [3.05, 3.63) is 46.6 Å². The molecule has 1 saturated heterocycles. The minimum Gasteiger partial charge on any atom is -0.488 e. The van der Waals surface area contributed by atoms with Crippen LogP contribution in [0.5, 0.6) is 5.75 Å². The van der Waals surface area contributed by atoms with Gasteiger partial charge in [0, 0.05) is 43.3 Å². The highest BCUT2D eigenvalue weighted by molar-refractivity contribution is 5.95. The van der Waals surface area contributed by atoms with Gasteiger partial charge in [-0.3, -0.25) is 9.20 Å². The number of aromatic nitrogens is 4. The Bertz CT molecular complexity index is 1210. The van der Waals surface area contributed by atoms with E-state index in [1.165, 1.54) is 9.08 Å². The van der Waals surface area contributed by atoms with Crippen LogP contribution in [0.4, 0.5) is 11.5 Å². The van der Waals surface area contributed by atoms with Gasteiger partial charge < -0.3 is 14.5 Å². The van der Waals surface area contributed by atoms with Gasteiger partial charge in [-0.25, -0.2) is 14.5 Å². The van der Waals surface area contributed by atoms with Crippen molar-refractivity contribution in [3.8, 4) is 5.75 Å². The topological polar surface area (TPSA) is 85.0 Å². The highest BCUT2D eigenvalue weighted by Gasteiger charge is 2.36. The summed E-state index contributed by atoms with van der Waals surface area (Å²) in [6.07, 6.45) is 5.35. The molecule has 0 aliphatic carbocycles. The molecular weight excluding hydrogens is 384 g/mol. The number of hydrogen-bond acceptors (Lipinski definition) is 6. The van der Waals surface area contributed by atoms with E-state index in [9.17, 15) is 9.59 Å². The normalized spacial score (nSPS) is 17.8. The Kier molecular flexibility index (Phi) is 4.09. The summed E-state index contributed by atoms with van der Waals surface area (Å²) >= 11 is 0. The summed E-state index contributed by atoms with van der Waals surface area (Å²) in [4.78, 5) is 33.6. The summed E-state index contributed by atoms with van der Waals surface area (Å²) in [6, 6.07) is 5.50. The van der Waals surface area contributed by atoms with Gasteiger partial charge in [0.1, 0.15) is 6.61 Å². The predicted molar refractivity (Wildman–Crippen MR) is 112 cm³/mol. The molecule has 1 amide bonds. The number of pyridine rings is 2. The van der Waals surface area contributed by atoms with Crippen molar-refractivity contribution in [2.45, 2.75) is 32.2 Å². The number of nitrogens with zero attached hydrogens (tertiary/aromatic N) is 6. The van der Waals surface area contributed by atoms with E-state index in [-0.39, 0.29) is 17.1 Å². The third-order valence-corrected chi connectivity index (χ3v) is 6.02. The molecule has 2 aliphatic heterocycles. The largest absolute Gasteiger partial charge is 0.488 e. The second-order valence-corrected chi connectivity index (χ2v) is 8.44. The van der Waals surface area contributed by atoms with Gasteiger partial charge in [-0.15, -0.1) is 0 Å². The SMILES string of the molecule is Cn1nc2cc(N3CCOc4cc(C(=O)N5CCCC5(C)C)cnc43)ccn2c1=O. The van der Waals surface area contributed by atoms with Crippen molar-refractivity contribution in [1.29, 1.82) is 0 Å². The van der Waals surface area contributed by atoms with Crippen LogP contribution in [-0.2, 0) is 7.05 Å². The fourth-order valence-corrected chi connectivity index (χ4v) is 4.34. The molecule has 0 atom stereocenters. The van der Waals surface area contributed by atoms with Gasteiger partial charge in [-0.2, -0.15) is 5.10 Å². The van der Waals surface area contributed by atoms with Gasteiger partial charge in [-0.05, 0) is 38.8 Å². The number of rotatable bonds is 2. The molecule has 3 aromatic rings. The van der Waals surface area contributed by atoms with E-state index in [1.54, 1.807) is 25.5 Å². The van der Waals surface area contributed by atoms with Gasteiger partial charge >= 0.3 is 5.69 Å². The number of ether oxygens (including phenoxy) is 1. The van der Waals surface area contributed by atoms with Gasteiger partial charge in [0.15, 0.2) is 17.2 Å². The second kappa shape index (κ2) is 6.58. The lowest BCUT2D eigenvalue weighted by atomic mass is 10.0. The molecule has 0 radical (unpaired) electrons. The molecule has 1 fully saturated rings. The van der Waals surface area contributed by atoms with Gasteiger partial charge in [-0.1, -0.05) is 0 Å². The predicted octanol–water partition coefficient (Wildman–Crippen LogP) is 1.97. The Balaban J connectivity index is 1.49. The Morgan fingerprint density at radius 3 is 2.83 bits per heavy atom. The first-order chi connectivity index (χ1) is 14.3. The van der Waals surface area contributed by atoms with Crippen LogP contribution in [0, 0.1) is 0 Å². The summed E-state index contributed by atoms with van der Waals surface area (Å²) in [5.74, 6) is 1.23. The third kappa shape index (κ3) is 2.84. The number of fused-ring (bicyclic) bond motifs is 2. The first-order valence-electron chi connectivity index (χ1n) is 10.1. The van der Waals surface area contributed by atoms with Crippen LogP contribution >= 0.6 is 0 Å². The quantitative estimate of drug-likeness (QED) is 0.645. The molecule has 0 bridgehead atoms. The first kappa shape index (κ1) is 18.7. The average molecular weight is 408 g/mol. The lowest BCUT2D eigenvalue weighted by Crippen LogP contribution is -2.42. The van der Waals surface area contributed by atoms with Crippen LogP contribution in [0.2, 0.25) is 0 Å². The molecule has 0 N–H and O–H groups in total. The lowest BCUT2D eigenvalue weighted by Gasteiger charge is -2.33. The zero-order valence-electron chi connectivity index (χ0n) is 17.3. The highest BCUT2D eigenvalue weighted by Crippen LogP contribution is 2.36. The molecule has 0 unspecified atom stereocenters. The zero-order valence-corrected chi connectivity index (χ0v) is 17.3. The summed E-state index contributed by atoms with van der Waals surface area (Å²) in [7, 11) is 1.63. The maximum atomic E-state index is 13.1. The highest BCUT2D eigenvalue weighted by atomic mass is 16.5. The molecule has 3 aromatic heterocycles. The Morgan fingerprint density at radius 2 is 2.07 bits per heavy atom. The van der Waals surface area contributed by atoms with E-state index in [2.05, 4.69) is 23.9 Å². The summed E-state index contributed by atoms with van der Waals surface area (Å²) < 4.78 is 8.65. The molecule has 2 aliphatic rings. The number of carbonyl (C=O) groups excluding carboxylic acids is 1. The number of aryl methyl sites for hydroxylation is 1. The van der Waals surface area contributed by atoms with Crippen molar-refractivity contribution in [2.75, 3.05) is 24.6 Å². The Labute approximate surface area is 173 Å². The van der Waals surface area contributed by atoms with E-state index in [4.69, 9.17) is 4.74 Å². The van der Waals surface area contributed by atoms with Crippen LogP contribution in [0.25, 0.3) is 5.65 Å². The number of amides is 1. The fraction of sp³-hybridized carbons (Fsp3) is 0.429. The van der Waals surface area contributed by atoms with Crippen LogP contribution in [0.15, 0.2) is 35.4 Å². The first-order valence-corrected chi connectivity index (χ1v) is 10.1. The maximum absolute atomic E-state index is 13.1. The summed E-state index contributed by atoms with van der Waals surface area (Å²) in [5, 5.41) is 4.26. The summed E-state index contributed by atoms with van der Waals surface area (Å²) in [5.41, 5.74) is 1.64. The number of anilines is 2. The number of carbonyl (C=O) groups is 1. The number of likely N-dealkylation sites (tertiary alicyclic amines) is 1. The lowest BCUT2D eigenvalue weighted by molar-refractivity contribution is 0.0651. The monoisotopic (exact) mass is 408 g/mol. The van der Waals surface area contributed by atoms with Crippen molar-refractivity contribution in [3.63, 3.8) is 0 Å². The van der Waals surface area contributed by atoms with E-state index < -0.39 is 0 Å². The van der Waals surface area contributed by atoms with Crippen LogP contribution in [0.1, 0.15) is 37.0 Å². The standard InChI is InChI=1S/C21H24N6O3/c1-21(2)6-4-7-27(21)19(28)14-11-16-18(22-13-14)25(9-10-30-16)15-5-8-26-17(12-15)23-24(3)20(26)29/h5,8,11-13H,4,6-7,9-10H2,1-3H3. The van der Waals surface area contributed by atoms with Gasteiger partial charge in [0.2, 0.25) is 0 Å². The van der Waals surface area contributed by atoms with Crippen LogP contribution in [0.3, 0.4) is 0 Å². The van der Waals surface area contributed by atoms with Crippen LogP contribution < -0.4 is 15.3 Å². The molecule has 5 heterocycles. The smallest absolute Gasteiger partial charge is 0.350 e. The molecule has 9 heteroatoms. The van der Waals surface area contributed by atoms with Crippen molar-refractivity contribution in [1.82, 2.24) is 24.1 Å². The maximum Gasteiger partial charge on any atom is 0.350 e. The van der Waals surface area contributed by atoms with Crippen molar-refractivity contribution >= 4 is 23.1 Å². The van der Waals surface area contributed by atoms with E-state index in [0.29, 0.717) is 35.9 Å². The third-order valence-electron chi connectivity index (χ3n) is 6.02. The summed E-state index contributed by atoms with van der Waals surface area (Å²) in [6.45, 7) is 6.04. The molecule has 0 saturated carbocycles. The fourth-order valence-electron chi connectivity index (χ4n) is 4.34. The van der Waals surface area contributed by atoms with Crippen molar-refractivity contribution in [2.24, 2.45) is 7.05 Å². The molecule has 0 spiro atoms. The zero-order chi connectivity index (χ0) is 21.0. The molecule has 30 heavy (non-hydrogen) atoms. The Hall–Kier alpha value is -3.36. The van der Waals surface area contributed by atoms with E-state index in [1.807, 2.05) is 21.9 Å². The minimum atomic E-state index is -0.190. The van der Waals surface area contributed by atoms with E-state index in [0.717, 1.165) is 25.1 Å². The molecule has 9 nitrogen and oxygen atoms in total. The van der Waals surface area contributed by atoms with Gasteiger partial charge in [0.05, 0.1) is 12.1 Å². The van der Waals surface area contributed by atoms with E-state index >= 15 is 0 Å². The molecule has 156 valence electrons. The minimum absolute atomic E-state index is 0.0113. The van der Waals surface area contributed by atoms with Gasteiger partial charge in [0.25, 0.3) is 5.91 Å². The average Bonchev–Trinajstić information content (AvgIpc) is 3.24. The van der Waals surface area contributed by atoms with Crippen LogP contribution in [-0.4, -0.2) is 55.2 Å². The second-order valence-electron chi connectivity index (χ2n) is 8.44. The number of hydrogen-bond donors (Lipinski definition) is 0. The van der Waals surface area contributed by atoms with Crippen molar-refractivity contribution < 1.29 is 9.53 Å².